The molecule has 1 rings (SSSR count). The van der Waals surface area contributed by atoms with Crippen molar-refractivity contribution in [1.29, 1.82) is 0 Å². The van der Waals surface area contributed by atoms with Crippen molar-refractivity contribution in [3.63, 3.8) is 0 Å². The van der Waals surface area contributed by atoms with Crippen LogP contribution in [0.3, 0.4) is 0 Å². The van der Waals surface area contributed by atoms with E-state index in [-0.39, 0.29) is 22.7 Å². The molecule has 1 aliphatic rings. The smallest absolute Gasteiger partial charge is 0.219 e. The minimum absolute atomic E-state index is 0.0511. The van der Waals surface area contributed by atoms with Gasteiger partial charge in [0.2, 0.25) is 11.9 Å². The maximum absolute atomic E-state index is 11.5. The molecule has 0 spiro atoms. The Morgan fingerprint density at radius 3 is 2.63 bits per heavy atom. The highest BCUT2D eigenvalue weighted by atomic mass is 32.1. The third kappa shape index (κ3) is 4.67. The van der Waals surface area contributed by atoms with Gasteiger partial charge >= 0.3 is 0 Å². The van der Waals surface area contributed by atoms with Gasteiger partial charge in [-0.3, -0.25) is 14.9 Å². The van der Waals surface area contributed by atoms with Crippen LogP contribution < -0.4 is 0 Å². The summed E-state index contributed by atoms with van der Waals surface area (Å²) >= 11 is 4.25. The zero-order chi connectivity index (χ0) is 14.4. The largest absolute Gasteiger partial charge is 0.343 e. The van der Waals surface area contributed by atoms with Gasteiger partial charge in [0.05, 0.1) is 0 Å². The first-order valence-electron chi connectivity index (χ1n) is 6.99. The number of carbonyl (C=O) groups is 1. The molecule has 1 fully saturated rings. The zero-order valence-electron chi connectivity index (χ0n) is 11.7. The van der Waals surface area contributed by atoms with Crippen LogP contribution >= 0.6 is 12.6 Å². The van der Waals surface area contributed by atoms with Crippen LogP contribution in [0.5, 0.6) is 0 Å². The van der Waals surface area contributed by atoms with E-state index in [9.17, 15) is 14.9 Å². The van der Waals surface area contributed by atoms with Crippen LogP contribution in [0.2, 0.25) is 0 Å². The fraction of sp³-hybridized carbons (Fsp3) is 0.923. The second kappa shape index (κ2) is 7.72. The first-order chi connectivity index (χ1) is 8.99. The molecule has 0 radical (unpaired) electrons. The van der Waals surface area contributed by atoms with Crippen LogP contribution in [0.1, 0.15) is 39.5 Å². The molecule has 0 bridgehead atoms. The van der Waals surface area contributed by atoms with Crippen LogP contribution in [0.15, 0.2) is 0 Å². The highest BCUT2D eigenvalue weighted by molar-refractivity contribution is 7.80. The maximum Gasteiger partial charge on any atom is 0.219 e. The number of amides is 1. The first kappa shape index (κ1) is 16.3. The van der Waals surface area contributed by atoms with Crippen molar-refractivity contribution in [2.75, 3.05) is 18.8 Å². The van der Waals surface area contributed by atoms with E-state index in [1.54, 1.807) is 11.8 Å². The molecule has 110 valence electrons. The molecule has 0 aromatic carbocycles. The van der Waals surface area contributed by atoms with Crippen molar-refractivity contribution in [2.24, 2.45) is 11.8 Å². The van der Waals surface area contributed by atoms with Gasteiger partial charge in [-0.25, -0.2) is 0 Å². The second-order valence-corrected chi connectivity index (χ2v) is 5.75. The SMILES string of the molecule is CCN(CC1CCCC(CS)C([N+](=O)[O-])C1)C(C)=O. The van der Waals surface area contributed by atoms with Crippen molar-refractivity contribution in [2.45, 2.75) is 45.6 Å². The Labute approximate surface area is 120 Å². The monoisotopic (exact) mass is 288 g/mol. The molecule has 3 unspecified atom stereocenters. The summed E-state index contributed by atoms with van der Waals surface area (Å²) in [5.41, 5.74) is 0. The standard InChI is InChI=1S/C13H24N2O3S/c1-3-14(10(2)16)8-11-5-4-6-12(9-19)13(7-11)15(17)18/h11-13,19H,3-9H2,1-2H3. The predicted octanol–water partition coefficient (Wildman–Crippen LogP) is 2.24. The molecule has 1 amide bonds. The maximum atomic E-state index is 11.5. The predicted molar refractivity (Wildman–Crippen MR) is 78.0 cm³/mol. The number of nitro groups is 1. The Bertz CT molecular complexity index is 325. The minimum atomic E-state index is -0.504. The zero-order valence-corrected chi connectivity index (χ0v) is 12.6. The van der Waals surface area contributed by atoms with E-state index in [2.05, 4.69) is 12.6 Å². The summed E-state index contributed by atoms with van der Waals surface area (Å²) in [5, 5.41) is 11.2. The lowest BCUT2D eigenvalue weighted by molar-refractivity contribution is -0.533. The quantitative estimate of drug-likeness (QED) is 0.365. The highest BCUT2D eigenvalue weighted by Crippen LogP contribution is 2.30. The molecular weight excluding hydrogens is 264 g/mol. The molecule has 0 aromatic heterocycles. The molecular formula is C13H24N2O3S. The van der Waals surface area contributed by atoms with Crippen molar-refractivity contribution >= 4 is 18.5 Å². The minimum Gasteiger partial charge on any atom is -0.343 e. The van der Waals surface area contributed by atoms with E-state index in [0.29, 0.717) is 25.3 Å². The normalized spacial score (nSPS) is 27.6. The molecule has 0 N–H and O–H groups in total. The lowest BCUT2D eigenvalue weighted by Gasteiger charge is -2.25. The summed E-state index contributed by atoms with van der Waals surface area (Å²) in [7, 11) is 0. The Morgan fingerprint density at radius 1 is 1.47 bits per heavy atom. The van der Waals surface area contributed by atoms with Crippen LogP contribution in [-0.4, -0.2) is 40.6 Å². The molecule has 19 heavy (non-hydrogen) atoms. The third-order valence-corrected chi connectivity index (χ3v) is 4.59. The molecule has 0 saturated heterocycles. The van der Waals surface area contributed by atoms with Crippen molar-refractivity contribution in [3.05, 3.63) is 10.1 Å². The van der Waals surface area contributed by atoms with Crippen molar-refractivity contribution in [3.8, 4) is 0 Å². The molecule has 0 heterocycles. The van der Waals surface area contributed by atoms with Crippen LogP contribution in [0, 0.1) is 22.0 Å². The van der Waals surface area contributed by atoms with E-state index in [1.807, 2.05) is 6.92 Å². The summed E-state index contributed by atoms with van der Waals surface area (Å²) in [6.07, 6.45) is 3.41. The van der Waals surface area contributed by atoms with E-state index in [4.69, 9.17) is 0 Å². The Hall–Kier alpha value is -0.780. The molecule has 3 atom stereocenters. The van der Waals surface area contributed by atoms with Crippen LogP contribution in [-0.2, 0) is 4.79 Å². The Balaban J connectivity index is 2.70. The van der Waals surface area contributed by atoms with Gasteiger partial charge in [0.1, 0.15) is 0 Å². The van der Waals surface area contributed by atoms with Gasteiger partial charge < -0.3 is 4.90 Å². The summed E-state index contributed by atoms with van der Waals surface area (Å²) in [6, 6.07) is -0.504. The molecule has 5 nitrogen and oxygen atoms in total. The number of nitrogens with zero attached hydrogens (tertiary/aromatic N) is 2. The summed E-state index contributed by atoms with van der Waals surface area (Å²) in [6.45, 7) is 4.82. The van der Waals surface area contributed by atoms with Crippen LogP contribution in [0.25, 0.3) is 0 Å². The lowest BCUT2D eigenvalue weighted by atomic mass is 9.93. The van der Waals surface area contributed by atoms with Gasteiger partial charge in [0, 0.05) is 37.3 Å². The van der Waals surface area contributed by atoms with E-state index in [1.165, 1.54) is 0 Å². The van der Waals surface area contributed by atoms with Gasteiger partial charge in [-0.05, 0) is 31.4 Å². The third-order valence-electron chi connectivity index (χ3n) is 4.12. The van der Waals surface area contributed by atoms with Gasteiger partial charge in [-0.2, -0.15) is 12.6 Å². The van der Waals surface area contributed by atoms with Crippen molar-refractivity contribution < 1.29 is 9.72 Å². The number of thiol groups is 1. The summed E-state index contributed by atoms with van der Waals surface area (Å²) in [5.74, 6) is 0.928. The van der Waals surface area contributed by atoms with Gasteiger partial charge in [0.15, 0.2) is 0 Å². The van der Waals surface area contributed by atoms with Crippen molar-refractivity contribution in [1.82, 2.24) is 4.90 Å². The number of hydrogen-bond acceptors (Lipinski definition) is 4. The second-order valence-electron chi connectivity index (χ2n) is 5.39. The van der Waals surface area contributed by atoms with Gasteiger partial charge in [0.25, 0.3) is 0 Å². The average molecular weight is 288 g/mol. The summed E-state index contributed by atoms with van der Waals surface area (Å²) in [4.78, 5) is 24.3. The molecule has 6 heteroatoms. The Kier molecular flexibility index (Phi) is 6.62. The highest BCUT2D eigenvalue weighted by Gasteiger charge is 2.36. The van der Waals surface area contributed by atoms with E-state index in [0.717, 1.165) is 19.3 Å². The fourth-order valence-corrected chi connectivity index (χ4v) is 3.37. The van der Waals surface area contributed by atoms with E-state index >= 15 is 0 Å². The Morgan fingerprint density at radius 2 is 2.16 bits per heavy atom. The first-order valence-corrected chi connectivity index (χ1v) is 7.62. The fourth-order valence-electron chi connectivity index (χ4n) is 2.94. The number of hydrogen-bond donors (Lipinski definition) is 1. The van der Waals surface area contributed by atoms with Crippen LogP contribution in [0.4, 0.5) is 0 Å². The molecule has 1 aliphatic carbocycles. The topological polar surface area (TPSA) is 63.4 Å². The van der Waals surface area contributed by atoms with E-state index < -0.39 is 6.04 Å². The summed E-state index contributed by atoms with van der Waals surface area (Å²) < 4.78 is 0. The lowest BCUT2D eigenvalue weighted by Crippen LogP contribution is -2.36. The van der Waals surface area contributed by atoms with Gasteiger partial charge in [-0.15, -0.1) is 0 Å². The number of rotatable bonds is 5. The average Bonchev–Trinajstić information content (AvgIpc) is 2.57. The van der Waals surface area contributed by atoms with Gasteiger partial charge in [-0.1, -0.05) is 6.42 Å². The number of carbonyl (C=O) groups excluding carboxylic acids is 1. The molecule has 1 saturated carbocycles. The molecule has 0 aliphatic heterocycles. The molecule has 0 aromatic rings.